The fourth-order valence-electron chi connectivity index (χ4n) is 5.89. The molecule has 36 heavy (non-hydrogen) atoms. The van der Waals surface area contributed by atoms with E-state index in [0.29, 0.717) is 19.0 Å². The number of rotatable bonds is 3. The topological polar surface area (TPSA) is 74.2 Å². The smallest absolute Gasteiger partial charge is 0.324 e. The Morgan fingerprint density at radius 2 is 1.86 bits per heavy atom. The van der Waals surface area contributed by atoms with E-state index in [9.17, 15) is 4.79 Å². The molecule has 1 atom stereocenters. The number of piperidine rings is 2. The highest BCUT2D eigenvalue weighted by Gasteiger charge is 2.35. The van der Waals surface area contributed by atoms with Crippen molar-refractivity contribution in [2.75, 3.05) is 31.1 Å². The number of nitrogens with zero attached hydrogens (tertiary/aromatic N) is 5. The van der Waals surface area contributed by atoms with Gasteiger partial charge in [-0.2, -0.15) is 10.2 Å². The van der Waals surface area contributed by atoms with Crippen LogP contribution in [0.4, 0.5) is 10.6 Å². The van der Waals surface area contributed by atoms with Crippen LogP contribution in [-0.2, 0) is 0 Å². The molecular weight excluding hydrogens is 448 g/mol. The number of fused-ring (bicyclic) bond motifs is 2. The molecule has 0 spiro atoms. The fraction of sp³-hybridized carbons (Fsp3) is 0.379. The fourth-order valence-corrected chi connectivity index (χ4v) is 5.89. The Bertz CT molecular complexity index is 1380. The van der Waals surface area contributed by atoms with Crippen molar-refractivity contribution in [1.29, 1.82) is 0 Å². The van der Waals surface area contributed by atoms with E-state index < -0.39 is 0 Å². The molecule has 1 unspecified atom stereocenters. The maximum absolute atomic E-state index is 14.2. The van der Waals surface area contributed by atoms with Gasteiger partial charge >= 0.3 is 6.03 Å². The third-order valence-corrected chi connectivity index (χ3v) is 7.80. The Hall–Kier alpha value is -3.58. The summed E-state index contributed by atoms with van der Waals surface area (Å²) in [5.41, 5.74) is 2.20. The normalized spacial score (nSPS) is 19.0. The number of hydrogen-bond donors (Lipinski definition) is 1. The second kappa shape index (κ2) is 9.82. The molecule has 2 aliphatic heterocycles. The molecule has 4 aromatic rings. The Labute approximate surface area is 211 Å². The van der Waals surface area contributed by atoms with Crippen LogP contribution in [-0.4, -0.2) is 58.3 Å². The van der Waals surface area contributed by atoms with Crippen LogP contribution in [0, 0.1) is 6.92 Å². The summed E-state index contributed by atoms with van der Waals surface area (Å²) in [6.07, 6.45) is 7.46. The molecule has 184 valence electrons. The number of nitrogens with one attached hydrogen (secondary N) is 1. The van der Waals surface area contributed by atoms with E-state index in [1.165, 1.54) is 5.39 Å². The number of aromatic nitrogens is 3. The third-order valence-electron chi connectivity index (χ3n) is 7.80. The number of urea groups is 1. The van der Waals surface area contributed by atoms with Crippen molar-refractivity contribution in [3.8, 4) is 0 Å². The van der Waals surface area contributed by atoms with Gasteiger partial charge in [-0.25, -0.2) is 9.78 Å². The lowest BCUT2D eigenvalue weighted by Crippen LogP contribution is -2.55. The Kier molecular flexibility index (Phi) is 6.23. The lowest BCUT2D eigenvalue weighted by Gasteiger charge is -2.40. The van der Waals surface area contributed by atoms with Crippen molar-refractivity contribution in [1.82, 2.24) is 25.4 Å². The number of pyridine rings is 1. The van der Waals surface area contributed by atoms with Crippen molar-refractivity contribution >= 4 is 33.4 Å². The first-order chi connectivity index (χ1) is 17.7. The van der Waals surface area contributed by atoms with Crippen LogP contribution in [0.2, 0.25) is 0 Å². The average molecular weight is 481 g/mol. The molecule has 6 rings (SSSR count). The van der Waals surface area contributed by atoms with Gasteiger partial charge in [0.2, 0.25) is 0 Å². The summed E-state index contributed by atoms with van der Waals surface area (Å²) in [7, 11) is 0. The molecule has 1 N–H and O–H groups in total. The summed E-state index contributed by atoms with van der Waals surface area (Å²) in [6.45, 7) is 5.30. The Morgan fingerprint density at radius 1 is 1.03 bits per heavy atom. The van der Waals surface area contributed by atoms with Crippen LogP contribution in [0.15, 0.2) is 60.9 Å². The third kappa shape index (κ3) is 4.17. The van der Waals surface area contributed by atoms with E-state index in [4.69, 9.17) is 4.98 Å². The highest BCUT2D eigenvalue weighted by Crippen LogP contribution is 2.34. The largest absolute Gasteiger partial charge is 0.325 e. The number of carbonyl (C=O) groups is 1. The number of benzene rings is 2. The first kappa shape index (κ1) is 22.9. The number of amides is 2. The molecule has 0 bridgehead atoms. The average Bonchev–Trinajstić information content (AvgIpc) is 2.94. The second-order valence-corrected chi connectivity index (χ2v) is 10.0. The second-order valence-electron chi connectivity index (χ2n) is 10.0. The van der Waals surface area contributed by atoms with E-state index in [2.05, 4.69) is 58.8 Å². The van der Waals surface area contributed by atoms with Gasteiger partial charge in [-0.05, 0) is 56.2 Å². The van der Waals surface area contributed by atoms with E-state index in [0.717, 1.165) is 72.0 Å². The number of aryl methyl sites for hydroxylation is 1. The van der Waals surface area contributed by atoms with Crippen molar-refractivity contribution < 1.29 is 4.79 Å². The molecule has 0 saturated carbocycles. The maximum Gasteiger partial charge on any atom is 0.325 e. The maximum atomic E-state index is 14.2. The van der Waals surface area contributed by atoms with Gasteiger partial charge in [0.25, 0.3) is 0 Å². The van der Waals surface area contributed by atoms with E-state index >= 15 is 0 Å². The van der Waals surface area contributed by atoms with Gasteiger partial charge in [-0.15, -0.1) is 0 Å². The number of carbonyl (C=O) groups excluding carboxylic acids is 1. The summed E-state index contributed by atoms with van der Waals surface area (Å²) in [5.74, 6) is 1.08. The molecule has 0 aliphatic carbocycles. The molecule has 2 amide bonds. The SMILES string of the molecule is Cc1cccc2ccnc(N(C(=O)N3CCC(c4nncc5ccccc45)CC3)C3CCCNC3)c12. The van der Waals surface area contributed by atoms with E-state index in [1.54, 1.807) is 0 Å². The molecule has 7 heteroatoms. The van der Waals surface area contributed by atoms with Gasteiger partial charge in [0.1, 0.15) is 5.82 Å². The molecule has 0 radical (unpaired) electrons. The molecule has 2 aromatic heterocycles. The van der Waals surface area contributed by atoms with Crippen molar-refractivity contribution in [3.63, 3.8) is 0 Å². The lowest BCUT2D eigenvalue weighted by molar-refractivity contribution is 0.183. The van der Waals surface area contributed by atoms with Crippen LogP contribution in [0.1, 0.15) is 42.9 Å². The molecule has 7 nitrogen and oxygen atoms in total. The highest BCUT2D eigenvalue weighted by molar-refractivity contribution is 6.03. The van der Waals surface area contributed by atoms with Crippen LogP contribution < -0.4 is 10.2 Å². The zero-order valence-corrected chi connectivity index (χ0v) is 20.7. The predicted octanol–water partition coefficient (Wildman–Crippen LogP) is 5.04. The number of anilines is 1. The lowest BCUT2D eigenvalue weighted by atomic mass is 9.91. The monoisotopic (exact) mass is 480 g/mol. The van der Waals surface area contributed by atoms with Crippen LogP contribution >= 0.6 is 0 Å². The minimum Gasteiger partial charge on any atom is -0.324 e. The van der Waals surface area contributed by atoms with Gasteiger partial charge in [0.15, 0.2) is 0 Å². The highest BCUT2D eigenvalue weighted by atomic mass is 16.2. The Morgan fingerprint density at radius 3 is 2.69 bits per heavy atom. The van der Waals surface area contributed by atoms with Crippen LogP contribution in [0.5, 0.6) is 0 Å². The predicted molar refractivity (Wildman–Crippen MR) is 143 cm³/mol. The van der Waals surface area contributed by atoms with Crippen LogP contribution in [0.25, 0.3) is 21.5 Å². The summed E-state index contributed by atoms with van der Waals surface area (Å²) in [5, 5.41) is 16.7. The number of likely N-dealkylation sites (tertiary alicyclic amines) is 1. The molecule has 2 fully saturated rings. The summed E-state index contributed by atoms with van der Waals surface area (Å²) in [6, 6.07) is 16.8. The summed E-state index contributed by atoms with van der Waals surface area (Å²) in [4.78, 5) is 23.0. The molecule has 2 saturated heterocycles. The zero-order chi connectivity index (χ0) is 24.5. The van der Waals surface area contributed by atoms with Crippen molar-refractivity contribution in [3.05, 3.63) is 72.2 Å². The minimum atomic E-state index is 0.0643. The summed E-state index contributed by atoms with van der Waals surface area (Å²) < 4.78 is 0. The van der Waals surface area contributed by atoms with Gasteiger partial charge in [0, 0.05) is 47.9 Å². The standard InChI is InChI=1S/C29H32N6O/c1-20-6-4-8-21-11-15-31-28(26(20)21)35(24-9-5-14-30-19-24)29(36)34-16-12-22(13-17-34)27-25-10-3-2-7-23(25)18-32-33-27/h2-4,6-8,10-11,15,18,22,24,30H,5,9,12-14,16-17,19H2,1H3. The van der Waals surface area contributed by atoms with Crippen LogP contribution in [0.3, 0.4) is 0 Å². The van der Waals surface area contributed by atoms with Crippen molar-refractivity contribution in [2.45, 2.75) is 44.6 Å². The quantitative estimate of drug-likeness (QED) is 0.444. The number of hydrogen-bond acceptors (Lipinski definition) is 5. The molecule has 2 aromatic carbocycles. The van der Waals surface area contributed by atoms with E-state index in [1.807, 2.05) is 34.3 Å². The van der Waals surface area contributed by atoms with Crippen molar-refractivity contribution in [2.24, 2.45) is 0 Å². The molecule has 4 heterocycles. The van der Waals surface area contributed by atoms with Gasteiger partial charge < -0.3 is 10.2 Å². The summed E-state index contributed by atoms with van der Waals surface area (Å²) >= 11 is 0. The molecular formula is C29H32N6O. The van der Waals surface area contributed by atoms with Gasteiger partial charge in [-0.1, -0.05) is 42.5 Å². The first-order valence-corrected chi connectivity index (χ1v) is 13.0. The molecule has 2 aliphatic rings. The Balaban J connectivity index is 1.29. The van der Waals surface area contributed by atoms with E-state index in [-0.39, 0.29) is 12.1 Å². The van der Waals surface area contributed by atoms with Gasteiger partial charge in [0.05, 0.1) is 17.9 Å². The first-order valence-electron chi connectivity index (χ1n) is 13.0. The van der Waals surface area contributed by atoms with Gasteiger partial charge in [-0.3, -0.25) is 4.90 Å². The minimum absolute atomic E-state index is 0.0643. The zero-order valence-electron chi connectivity index (χ0n) is 20.7.